The number of hydrogen-bond acceptors (Lipinski definition) is 16. The van der Waals surface area contributed by atoms with E-state index >= 15 is 0 Å². The molecule has 8 N–H and O–H groups in total. The first-order valence-corrected chi connectivity index (χ1v) is 28.3. The van der Waals surface area contributed by atoms with E-state index in [1.807, 2.05) is 47.5 Å². The fourth-order valence-electron chi connectivity index (χ4n) is 8.35. The molecule has 3 aromatic heterocycles. The number of amides is 1. The van der Waals surface area contributed by atoms with Crippen molar-refractivity contribution in [1.82, 2.24) is 19.9 Å². The quantitative estimate of drug-likeness (QED) is 0.0292. The zero-order valence-electron chi connectivity index (χ0n) is 39.0. The number of carbonyl (C=O) groups is 1. The van der Waals surface area contributed by atoms with E-state index < -0.39 is 80.7 Å². The molecular weight excluding hydrogens is 1020 g/mol. The first-order chi connectivity index (χ1) is 33.1. The Hall–Kier alpha value is -4.62. The molecule has 25 nitrogen and oxygen atoms in total. The lowest BCUT2D eigenvalue weighted by atomic mass is 9.82. The van der Waals surface area contributed by atoms with Gasteiger partial charge in [0.2, 0.25) is 5.91 Å². The number of aromatic amines is 1. The van der Waals surface area contributed by atoms with E-state index in [2.05, 4.69) is 66.8 Å². The molecule has 6 heterocycles. The van der Waals surface area contributed by atoms with Crippen molar-refractivity contribution in [3.8, 4) is 0 Å². The molecule has 3 aromatic rings. The molecule has 0 saturated carbocycles. The maximum absolute atomic E-state index is 12.7. The highest BCUT2D eigenvalue weighted by Gasteiger charge is 2.45. The molecule has 5 unspecified atom stereocenters. The van der Waals surface area contributed by atoms with Gasteiger partial charge in [0.1, 0.15) is 18.1 Å². The second kappa shape index (κ2) is 22.2. The summed E-state index contributed by atoms with van der Waals surface area (Å²) in [6, 6.07) is 7.93. The lowest BCUT2D eigenvalue weighted by Gasteiger charge is -2.26. The third-order valence-corrected chi connectivity index (χ3v) is 16.5. The highest BCUT2D eigenvalue weighted by molar-refractivity contribution is 7.85. The standard InChI is InChI=1S/C42H56N7O18P3S/c1-41(2)30-15-11-22-47(38(30)45-33(41)16-8-17-34-42(3,4)29-14-10-20-44-37(29)48(34)23-12-24-71(61,62)63)21-7-5-6-18-35(51)43-19-9-13-28-26-49(40(53)46-39(28)52)36-25-31(50)32(65-36)27-64-69(57,58)67-70(59,60)66-68(54,55)56/h8-11,13-17,20,22,26,31-32,36,50H,5-7,12,18-19,21,23-25,27H2,1-4H3,(H6-,43,46,51,52,53,54,55,56,57,58,59,60,61,62,63)/p+1. The Bertz CT molecular complexity index is 3000. The largest absolute Gasteiger partial charge is 0.490 e. The first-order valence-electron chi connectivity index (χ1n) is 22.2. The molecule has 29 heteroatoms. The summed E-state index contributed by atoms with van der Waals surface area (Å²) >= 11 is 0. The van der Waals surface area contributed by atoms with Crippen LogP contribution in [0.1, 0.15) is 89.1 Å². The van der Waals surface area contributed by atoms with Crippen molar-refractivity contribution in [2.75, 3.05) is 30.3 Å². The monoisotopic (exact) mass is 1070 g/mol. The Morgan fingerprint density at radius 3 is 2.45 bits per heavy atom. The SMILES string of the molecule is CC1(C)C(=CC=CC2=Nc3c(ccc[n+]3CCCCCC(=O)NCC=Cc3cn(C4CC(O)C(COP(=O)(O)OP(=O)(O)OP(=O)(O)O)O4)c(=O)[nH]c3=O)C2(C)C)N(CCCS(=O)(=O)O)c2ncccc21. The van der Waals surface area contributed by atoms with Crippen molar-refractivity contribution in [1.29, 1.82) is 0 Å². The average Bonchev–Trinajstić information content (AvgIpc) is 3.82. The minimum atomic E-state index is -5.78. The molecule has 3 aliphatic heterocycles. The molecule has 1 amide bonds. The van der Waals surface area contributed by atoms with Crippen molar-refractivity contribution < 1.29 is 78.6 Å². The summed E-state index contributed by atoms with van der Waals surface area (Å²) in [6.07, 6.45) is 11.8. The van der Waals surface area contributed by atoms with Gasteiger partial charge in [-0.25, -0.2) is 28.0 Å². The third kappa shape index (κ3) is 14.5. The van der Waals surface area contributed by atoms with E-state index in [1.54, 1.807) is 6.20 Å². The van der Waals surface area contributed by atoms with Crippen LogP contribution in [-0.2, 0) is 63.9 Å². The number of nitrogens with one attached hydrogen (secondary N) is 2. The maximum Gasteiger partial charge on any atom is 0.490 e. The number of pyridine rings is 2. The topological polar surface area (TPSA) is 360 Å². The second-order valence-corrected chi connectivity index (χ2v) is 23.8. The number of aryl methyl sites for hydroxylation is 1. The zero-order chi connectivity index (χ0) is 52.2. The normalized spacial score (nSPS) is 21.9. The summed E-state index contributed by atoms with van der Waals surface area (Å²) in [5, 5.41) is 13.2. The van der Waals surface area contributed by atoms with Gasteiger partial charge in [-0.3, -0.25) is 28.2 Å². The lowest BCUT2D eigenvalue weighted by Crippen LogP contribution is -2.35. The van der Waals surface area contributed by atoms with Gasteiger partial charge < -0.3 is 39.6 Å². The van der Waals surface area contributed by atoms with E-state index in [9.17, 15) is 55.9 Å². The number of aliphatic hydroxyl groups is 1. The van der Waals surface area contributed by atoms with Gasteiger partial charge in [-0.05, 0) is 74.9 Å². The fraction of sp³-hybridized carbons (Fsp3) is 0.476. The van der Waals surface area contributed by atoms with Crippen molar-refractivity contribution in [2.45, 2.75) is 102 Å². The number of rotatable bonds is 23. The minimum absolute atomic E-state index is 0.0239. The zero-order valence-corrected chi connectivity index (χ0v) is 42.5. The van der Waals surface area contributed by atoms with Crippen LogP contribution in [0, 0.1) is 0 Å². The molecule has 3 aliphatic rings. The van der Waals surface area contributed by atoms with Crippen LogP contribution >= 0.6 is 23.5 Å². The first kappa shape index (κ1) is 55.7. The Kier molecular flexibility index (Phi) is 17.4. The smallest absolute Gasteiger partial charge is 0.390 e. The van der Waals surface area contributed by atoms with Crippen LogP contribution in [0.25, 0.3) is 6.08 Å². The van der Waals surface area contributed by atoms with Gasteiger partial charge in [0.25, 0.3) is 15.7 Å². The van der Waals surface area contributed by atoms with Crippen LogP contribution < -0.4 is 26.0 Å². The average molecular weight is 1070 g/mol. The summed E-state index contributed by atoms with van der Waals surface area (Å²) in [6.45, 7) is 8.50. The molecule has 0 radical (unpaired) electrons. The van der Waals surface area contributed by atoms with Crippen LogP contribution in [0.2, 0.25) is 0 Å². The van der Waals surface area contributed by atoms with E-state index in [1.165, 1.54) is 12.2 Å². The molecule has 388 valence electrons. The molecule has 1 saturated heterocycles. The van der Waals surface area contributed by atoms with Crippen molar-refractivity contribution in [2.24, 2.45) is 4.99 Å². The van der Waals surface area contributed by atoms with Crippen LogP contribution in [-0.4, -0.2) is 101 Å². The molecule has 1 fully saturated rings. The van der Waals surface area contributed by atoms with Crippen LogP contribution in [0.5, 0.6) is 0 Å². The molecule has 0 aliphatic carbocycles. The predicted octanol–water partition coefficient (Wildman–Crippen LogP) is 3.48. The number of allylic oxidation sites excluding steroid dienone is 4. The van der Waals surface area contributed by atoms with Gasteiger partial charge in [0.05, 0.1) is 47.7 Å². The number of phosphoric ester groups is 1. The summed E-state index contributed by atoms with van der Waals surface area (Å²) in [4.78, 5) is 88.0. The van der Waals surface area contributed by atoms with Crippen LogP contribution in [0.3, 0.4) is 0 Å². The lowest BCUT2D eigenvalue weighted by molar-refractivity contribution is -0.684. The van der Waals surface area contributed by atoms with Gasteiger partial charge in [-0.15, -0.1) is 0 Å². The van der Waals surface area contributed by atoms with Crippen molar-refractivity contribution >= 4 is 62.9 Å². The summed E-state index contributed by atoms with van der Waals surface area (Å²) in [5.41, 5.74) is 1.33. The van der Waals surface area contributed by atoms with Crippen molar-refractivity contribution in [3.05, 3.63) is 110 Å². The number of hydrogen-bond donors (Lipinski definition) is 8. The molecule has 6 rings (SSSR count). The maximum atomic E-state index is 12.7. The number of anilines is 1. The molecule has 0 spiro atoms. The summed E-state index contributed by atoms with van der Waals surface area (Å²) in [7, 11) is -21.0. The number of unbranched alkanes of at least 4 members (excludes halogenated alkanes) is 2. The van der Waals surface area contributed by atoms with Gasteiger partial charge >= 0.3 is 35.0 Å². The molecule has 5 atom stereocenters. The fourth-order valence-corrected chi connectivity index (χ4v) is 11.9. The minimum Gasteiger partial charge on any atom is -0.390 e. The van der Waals surface area contributed by atoms with Gasteiger partial charge in [0, 0.05) is 55.0 Å². The number of nitrogens with zero attached hydrogens (tertiary/aromatic N) is 5. The highest BCUT2D eigenvalue weighted by atomic mass is 32.2. The van der Waals surface area contributed by atoms with Crippen molar-refractivity contribution in [3.63, 3.8) is 0 Å². The van der Waals surface area contributed by atoms with E-state index in [0.29, 0.717) is 19.5 Å². The number of aliphatic imine (C=N–C) groups is 1. The van der Waals surface area contributed by atoms with Gasteiger partial charge in [-0.1, -0.05) is 38.1 Å². The van der Waals surface area contributed by atoms with Gasteiger partial charge in [0.15, 0.2) is 5.71 Å². The number of aromatic nitrogens is 4. The number of aliphatic hydroxyl groups excluding tert-OH is 1. The highest BCUT2D eigenvalue weighted by Crippen LogP contribution is 2.66. The van der Waals surface area contributed by atoms with Gasteiger partial charge in [-0.2, -0.15) is 17.0 Å². The van der Waals surface area contributed by atoms with E-state index in [-0.39, 0.29) is 43.0 Å². The summed E-state index contributed by atoms with van der Waals surface area (Å²) in [5.74, 6) is 1.01. The molecule has 71 heavy (non-hydrogen) atoms. The Morgan fingerprint density at radius 1 is 1.00 bits per heavy atom. The molecular formula is C42H57N7O18P3S+. The molecule has 0 bridgehead atoms. The number of H-pyrrole nitrogens is 1. The Labute approximate surface area is 407 Å². The number of ether oxygens (including phenoxy) is 1. The number of carbonyl (C=O) groups excluding carboxylic acids is 1. The Balaban J connectivity index is 0.973. The van der Waals surface area contributed by atoms with E-state index in [0.717, 1.165) is 57.8 Å². The molecule has 0 aromatic carbocycles. The number of phosphoric acid groups is 3. The number of fused-ring (bicyclic) bond motifs is 2. The predicted molar refractivity (Wildman–Crippen MR) is 256 cm³/mol. The second-order valence-electron chi connectivity index (χ2n) is 17.8. The summed E-state index contributed by atoms with van der Waals surface area (Å²) < 4.78 is 87.2. The van der Waals surface area contributed by atoms with E-state index in [4.69, 9.17) is 19.5 Å². The van der Waals surface area contributed by atoms with Crippen LogP contribution in [0.4, 0.5) is 11.6 Å². The Morgan fingerprint density at radius 2 is 1.73 bits per heavy atom. The third-order valence-electron chi connectivity index (χ3n) is 11.9. The van der Waals surface area contributed by atoms with Crippen LogP contribution in [0.15, 0.2) is 87.4 Å².